The molecule has 6 nitrogen and oxygen atoms in total. The van der Waals surface area contributed by atoms with E-state index in [-0.39, 0.29) is 18.3 Å². The fraction of sp³-hybridized carbons (Fsp3) is 0.381. The van der Waals surface area contributed by atoms with Gasteiger partial charge >= 0.3 is 0 Å². The van der Waals surface area contributed by atoms with Gasteiger partial charge in [-0.05, 0) is 31.4 Å². The Kier molecular flexibility index (Phi) is 3.61. The van der Waals surface area contributed by atoms with E-state index in [1.807, 2.05) is 42.8 Å². The lowest BCUT2D eigenvalue weighted by Crippen LogP contribution is -2.36. The molecule has 2 aromatic heterocycles. The highest BCUT2D eigenvalue weighted by Gasteiger charge is 2.58. The summed E-state index contributed by atoms with van der Waals surface area (Å²) < 4.78 is 26.5. The monoisotopic (exact) mass is 396 g/mol. The van der Waals surface area contributed by atoms with E-state index in [1.54, 1.807) is 11.3 Å². The van der Waals surface area contributed by atoms with Crippen LogP contribution >= 0.6 is 11.3 Å². The summed E-state index contributed by atoms with van der Waals surface area (Å²) in [6, 6.07) is 14.4. The standard InChI is InChI=1S/C21H20N2O4S/c1-21(2)26-19-18-17(25-20(19)27-21)15-13(11-24-18)16(12-7-4-3-5-8-12)23(22-15)14-9-6-10-28-14/h3-10,17-20H,11H2,1-2H3/t17-,18+,19-,20-/m1/s1. The van der Waals surface area contributed by atoms with Gasteiger partial charge in [-0.15, -0.1) is 11.3 Å². The quantitative estimate of drug-likeness (QED) is 0.654. The summed E-state index contributed by atoms with van der Waals surface area (Å²) in [6.45, 7) is 4.27. The predicted molar refractivity (Wildman–Crippen MR) is 103 cm³/mol. The second kappa shape index (κ2) is 5.98. The second-order valence-electron chi connectivity index (χ2n) is 7.74. The molecule has 0 aliphatic carbocycles. The fourth-order valence-electron chi connectivity index (χ4n) is 4.34. The van der Waals surface area contributed by atoms with Gasteiger partial charge in [0.1, 0.15) is 29.0 Å². The highest BCUT2D eigenvalue weighted by Crippen LogP contribution is 2.49. The number of nitrogens with zero attached hydrogens (tertiary/aromatic N) is 2. The molecule has 0 bridgehead atoms. The van der Waals surface area contributed by atoms with Gasteiger partial charge in [0.25, 0.3) is 0 Å². The molecule has 0 unspecified atom stereocenters. The summed E-state index contributed by atoms with van der Waals surface area (Å²) in [5, 5.41) is 8.11. The Morgan fingerprint density at radius 1 is 1.07 bits per heavy atom. The van der Waals surface area contributed by atoms with Gasteiger partial charge in [-0.3, -0.25) is 0 Å². The van der Waals surface area contributed by atoms with E-state index >= 15 is 0 Å². The zero-order valence-electron chi connectivity index (χ0n) is 15.6. The van der Waals surface area contributed by atoms with Gasteiger partial charge in [-0.2, -0.15) is 5.10 Å². The third-order valence-electron chi connectivity index (χ3n) is 5.46. The molecular weight excluding hydrogens is 376 g/mol. The van der Waals surface area contributed by atoms with E-state index in [4.69, 9.17) is 24.0 Å². The Morgan fingerprint density at radius 2 is 1.93 bits per heavy atom. The number of aromatic nitrogens is 2. The maximum Gasteiger partial charge on any atom is 0.190 e. The van der Waals surface area contributed by atoms with Crippen LogP contribution in [0, 0.1) is 0 Å². The molecule has 4 atom stereocenters. The van der Waals surface area contributed by atoms with Crippen LogP contribution in [0.15, 0.2) is 47.8 Å². The average molecular weight is 396 g/mol. The van der Waals surface area contributed by atoms with Crippen LogP contribution in [0.4, 0.5) is 0 Å². The molecule has 3 aromatic rings. The Morgan fingerprint density at radius 3 is 2.71 bits per heavy atom. The summed E-state index contributed by atoms with van der Waals surface area (Å²) in [5.41, 5.74) is 4.15. The van der Waals surface area contributed by atoms with Crippen LogP contribution in [0.3, 0.4) is 0 Å². The van der Waals surface area contributed by atoms with Gasteiger partial charge in [-0.1, -0.05) is 30.3 Å². The molecule has 6 rings (SSSR count). The second-order valence-corrected chi connectivity index (χ2v) is 8.67. The van der Waals surface area contributed by atoms with E-state index in [2.05, 4.69) is 23.6 Å². The zero-order valence-corrected chi connectivity index (χ0v) is 16.4. The number of hydrogen-bond donors (Lipinski definition) is 0. The van der Waals surface area contributed by atoms with Crippen molar-refractivity contribution in [1.82, 2.24) is 9.78 Å². The maximum atomic E-state index is 6.25. The van der Waals surface area contributed by atoms with E-state index in [9.17, 15) is 0 Å². The Balaban J connectivity index is 1.47. The number of thiophene rings is 1. The molecule has 0 radical (unpaired) electrons. The first-order valence-electron chi connectivity index (χ1n) is 9.44. The molecule has 3 aliphatic rings. The highest BCUT2D eigenvalue weighted by molar-refractivity contribution is 7.12. The van der Waals surface area contributed by atoms with Crippen molar-refractivity contribution in [3.05, 3.63) is 59.1 Å². The Bertz CT molecular complexity index is 1010. The summed E-state index contributed by atoms with van der Waals surface area (Å²) in [7, 11) is 0. The molecule has 5 heterocycles. The van der Waals surface area contributed by atoms with Crippen LogP contribution in [-0.2, 0) is 25.6 Å². The number of fused-ring (bicyclic) bond motifs is 5. The van der Waals surface area contributed by atoms with Crippen LogP contribution in [0.1, 0.15) is 31.2 Å². The van der Waals surface area contributed by atoms with Crippen LogP contribution in [0.5, 0.6) is 0 Å². The van der Waals surface area contributed by atoms with Crippen LogP contribution in [0.2, 0.25) is 0 Å². The summed E-state index contributed by atoms with van der Waals surface area (Å²) >= 11 is 1.66. The molecular formula is C21H20N2O4S. The molecule has 0 amide bonds. The minimum atomic E-state index is -0.657. The largest absolute Gasteiger partial charge is 0.367 e. The smallest absolute Gasteiger partial charge is 0.190 e. The maximum absolute atomic E-state index is 6.25. The van der Waals surface area contributed by atoms with E-state index < -0.39 is 12.1 Å². The minimum absolute atomic E-state index is 0.213. The molecule has 3 aliphatic heterocycles. The van der Waals surface area contributed by atoms with Crippen molar-refractivity contribution in [1.29, 1.82) is 0 Å². The lowest BCUT2D eigenvalue weighted by atomic mass is 9.98. The van der Waals surface area contributed by atoms with Gasteiger partial charge in [-0.25, -0.2) is 4.68 Å². The van der Waals surface area contributed by atoms with Crippen molar-refractivity contribution in [2.75, 3.05) is 0 Å². The fourth-order valence-corrected chi connectivity index (χ4v) is 5.03. The van der Waals surface area contributed by atoms with Gasteiger partial charge in [0.2, 0.25) is 0 Å². The molecule has 2 saturated heterocycles. The van der Waals surface area contributed by atoms with Gasteiger partial charge in [0.05, 0.1) is 12.3 Å². The minimum Gasteiger partial charge on any atom is -0.367 e. The normalized spacial score (nSPS) is 30.1. The summed E-state index contributed by atoms with van der Waals surface area (Å²) in [5.74, 6) is -0.657. The number of ether oxygens (including phenoxy) is 4. The van der Waals surface area contributed by atoms with Crippen molar-refractivity contribution in [2.45, 2.75) is 50.8 Å². The van der Waals surface area contributed by atoms with Gasteiger partial charge < -0.3 is 18.9 Å². The molecule has 2 fully saturated rings. The topological polar surface area (TPSA) is 54.7 Å². The molecule has 144 valence electrons. The van der Waals surface area contributed by atoms with E-state index in [0.29, 0.717) is 6.61 Å². The SMILES string of the molecule is CC1(C)O[C@H]2O[C@@H]3c4nn(-c5cccs5)c(-c5ccccc5)c4CO[C@@H]3[C@H]2O1. The number of benzene rings is 1. The zero-order chi connectivity index (χ0) is 18.9. The van der Waals surface area contributed by atoms with Crippen LogP contribution in [0.25, 0.3) is 16.3 Å². The first-order chi connectivity index (χ1) is 13.6. The molecule has 7 heteroatoms. The van der Waals surface area contributed by atoms with E-state index in [1.165, 1.54) is 0 Å². The Labute approximate surface area is 166 Å². The van der Waals surface area contributed by atoms with Crippen LogP contribution in [-0.4, -0.2) is 34.1 Å². The third kappa shape index (κ3) is 2.44. The molecule has 0 spiro atoms. The predicted octanol–water partition coefficient (Wildman–Crippen LogP) is 4.05. The van der Waals surface area contributed by atoms with Crippen molar-refractivity contribution in [3.8, 4) is 16.3 Å². The number of hydrogen-bond acceptors (Lipinski definition) is 6. The first kappa shape index (κ1) is 16.9. The number of rotatable bonds is 2. The summed E-state index contributed by atoms with van der Waals surface area (Å²) in [4.78, 5) is 0. The lowest BCUT2D eigenvalue weighted by Gasteiger charge is -2.28. The van der Waals surface area contributed by atoms with Gasteiger partial charge in [0, 0.05) is 11.1 Å². The van der Waals surface area contributed by atoms with Crippen molar-refractivity contribution >= 4 is 11.3 Å². The van der Waals surface area contributed by atoms with Crippen molar-refractivity contribution < 1.29 is 18.9 Å². The Hall–Kier alpha value is -2.03. The molecule has 0 N–H and O–H groups in total. The van der Waals surface area contributed by atoms with Crippen molar-refractivity contribution in [2.24, 2.45) is 0 Å². The lowest BCUT2D eigenvalue weighted by molar-refractivity contribution is -0.223. The molecule has 0 saturated carbocycles. The van der Waals surface area contributed by atoms with Crippen LogP contribution < -0.4 is 0 Å². The first-order valence-corrected chi connectivity index (χ1v) is 10.3. The molecule has 1 aromatic carbocycles. The average Bonchev–Trinajstić information content (AvgIpc) is 3.42. The highest BCUT2D eigenvalue weighted by atomic mass is 32.1. The van der Waals surface area contributed by atoms with E-state index in [0.717, 1.165) is 27.5 Å². The third-order valence-corrected chi connectivity index (χ3v) is 6.30. The van der Waals surface area contributed by atoms with Crippen molar-refractivity contribution in [3.63, 3.8) is 0 Å². The van der Waals surface area contributed by atoms with Gasteiger partial charge in [0.15, 0.2) is 12.1 Å². The molecule has 28 heavy (non-hydrogen) atoms. The summed E-state index contributed by atoms with van der Waals surface area (Å²) in [6.07, 6.45) is -1.17.